The van der Waals surface area contributed by atoms with Crippen LogP contribution in [0.4, 0.5) is 8.78 Å². The summed E-state index contributed by atoms with van der Waals surface area (Å²) < 4.78 is 29.9. The van der Waals surface area contributed by atoms with Crippen LogP contribution in [-0.2, 0) is 13.1 Å². The molecule has 0 saturated heterocycles. The van der Waals surface area contributed by atoms with Gasteiger partial charge in [-0.3, -0.25) is 9.79 Å². The molecule has 1 amide bonds. The molecule has 30 heavy (non-hydrogen) atoms. The first-order valence-corrected chi connectivity index (χ1v) is 9.28. The predicted octanol–water partition coefficient (Wildman–Crippen LogP) is 4.44. The molecule has 0 aliphatic rings. The molecule has 11 heteroatoms. The van der Waals surface area contributed by atoms with Crippen molar-refractivity contribution in [3.8, 4) is 5.75 Å². The fourth-order valence-electron chi connectivity index (χ4n) is 2.52. The lowest BCUT2D eigenvalue weighted by atomic mass is 10.1. The van der Waals surface area contributed by atoms with Gasteiger partial charge in [0.2, 0.25) is 0 Å². The van der Waals surface area contributed by atoms with Crippen LogP contribution in [-0.4, -0.2) is 32.6 Å². The smallest absolute Gasteiger partial charge is 0.387 e. The second-order valence-electron chi connectivity index (χ2n) is 5.81. The van der Waals surface area contributed by atoms with Crippen LogP contribution in [0.3, 0.4) is 0 Å². The molecule has 0 spiro atoms. The zero-order chi connectivity index (χ0) is 21.4. The standard InChI is InChI=1S/C19H20Cl2F2N4O2.HI/c1-24-17(28)12-5-3-4-11(6-12)9-26-19(25-2)27-10-13-7-14(20)8-15(21)16(13)29-18(22)23;/h3-8,18H,9-10H2,1-2H3,(H,24,28)(H2,25,26,27);1H. The number of carbonyl (C=O) groups excluding carboxylic acids is 1. The topological polar surface area (TPSA) is 74.8 Å². The normalized spacial score (nSPS) is 11.0. The van der Waals surface area contributed by atoms with E-state index >= 15 is 0 Å². The number of rotatable bonds is 7. The molecule has 2 aromatic rings. The maximum atomic E-state index is 12.7. The first-order chi connectivity index (χ1) is 13.8. The van der Waals surface area contributed by atoms with Crippen molar-refractivity contribution in [2.24, 2.45) is 4.99 Å². The summed E-state index contributed by atoms with van der Waals surface area (Å²) in [4.78, 5) is 15.8. The van der Waals surface area contributed by atoms with E-state index in [1.165, 1.54) is 12.1 Å². The summed E-state index contributed by atoms with van der Waals surface area (Å²) in [5, 5.41) is 8.92. The monoisotopic (exact) mass is 572 g/mol. The number of hydrogen-bond acceptors (Lipinski definition) is 3. The number of amides is 1. The van der Waals surface area contributed by atoms with Crippen molar-refractivity contribution in [2.75, 3.05) is 14.1 Å². The number of guanidine groups is 1. The van der Waals surface area contributed by atoms with Crippen LogP contribution in [0, 0.1) is 0 Å². The van der Waals surface area contributed by atoms with Crippen molar-refractivity contribution >= 4 is 59.0 Å². The van der Waals surface area contributed by atoms with E-state index in [1.54, 1.807) is 32.3 Å². The number of nitrogens with one attached hydrogen (secondary N) is 3. The number of benzene rings is 2. The predicted molar refractivity (Wildman–Crippen MR) is 125 cm³/mol. The Labute approximate surface area is 200 Å². The lowest BCUT2D eigenvalue weighted by Gasteiger charge is -2.16. The molecule has 0 aromatic heterocycles. The lowest BCUT2D eigenvalue weighted by Crippen LogP contribution is -2.36. The maximum Gasteiger partial charge on any atom is 0.387 e. The van der Waals surface area contributed by atoms with E-state index in [0.717, 1.165) is 5.56 Å². The highest BCUT2D eigenvalue weighted by atomic mass is 127. The highest BCUT2D eigenvalue weighted by Crippen LogP contribution is 2.33. The number of ether oxygens (including phenoxy) is 1. The van der Waals surface area contributed by atoms with Gasteiger partial charge in [0.1, 0.15) is 5.75 Å². The summed E-state index contributed by atoms with van der Waals surface area (Å²) in [5.74, 6) is 0.0838. The van der Waals surface area contributed by atoms with Gasteiger partial charge in [-0.2, -0.15) is 8.78 Å². The van der Waals surface area contributed by atoms with Crippen LogP contribution >= 0.6 is 47.2 Å². The molecule has 0 aliphatic carbocycles. The Morgan fingerprint density at radius 1 is 1.17 bits per heavy atom. The number of alkyl halides is 2. The molecular formula is C19H21Cl2F2IN4O2. The van der Waals surface area contributed by atoms with Crippen LogP contribution in [0.5, 0.6) is 5.75 Å². The summed E-state index contributed by atoms with van der Waals surface area (Å²) >= 11 is 11.9. The minimum atomic E-state index is -3.02. The Morgan fingerprint density at radius 3 is 2.50 bits per heavy atom. The van der Waals surface area contributed by atoms with Gasteiger partial charge in [0, 0.05) is 43.3 Å². The van der Waals surface area contributed by atoms with Gasteiger partial charge in [0.15, 0.2) is 5.96 Å². The van der Waals surface area contributed by atoms with E-state index in [4.69, 9.17) is 23.2 Å². The van der Waals surface area contributed by atoms with Gasteiger partial charge in [0.25, 0.3) is 5.91 Å². The van der Waals surface area contributed by atoms with Gasteiger partial charge < -0.3 is 20.7 Å². The van der Waals surface area contributed by atoms with Crippen LogP contribution in [0.2, 0.25) is 10.0 Å². The van der Waals surface area contributed by atoms with Gasteiger partial charge in [-0.05, 0) is 29.8 Å². The zero-order valence-corrected chi connectivity index (χ0v) is 20.0. The SMILES string of the molecule is CN=C(NCc1cccc(C(=O)NC)c1)NCc1cc(Cl)cc(Cl)c1OC(F)F.I. The van der Waals surface area contributed by atoms with Crippen molar-refractivity contribution in [3.63, 3.8) is 0 Å². The molecule has 164 valence electrons. The van der Waals surface area contributed by atoms with E-state index in [2.05, 4.69) is 25.7 Å². The molecule has 3 N–H and O–H groups in total. The fraction of sp³-hybridized carbons (Fsp3) is 0.263. The second kappa shape index (κ2) is 12.8. The molecule has 6 nitrogen and oxygen atoms in total. The van der Waals surface area contributed by atoms with Crippen LogP contribution in [0.15, 0.2) is 41.4 Å². The van der Waals surface area contributed by atoms with E-state index in [9.17, 15) is 13.6 Å². The van der Waals surface area contributed by atoms with Crippen LogP contribution in [0.1, 0.15) is 21.5 Å². The number of carbonyl (C=O) groups is 1. The minimum Gasteiger partial charge on any atom is -0.433 e. The summed E-state index contributed by atoms with van der Waals surface area (Å²) in [5.41, 5.74) is 1.76. The Hall–Kier alpha value is -1.85. The highest BCUT2D eigenvalue weighted by molar-refractivity contribution is 14.0. The lowest BCUT2D eigenvalue weighted by molar-refractivity contribution is -0.0504. The molecule has 0 radical (unpaired) electrons. The van der Waals surface area contributed by atoms with Gasteiger partial charge in [-0.1, -0.05) is 35.3 Å². The quantitative estimate of drug-likeness (QED) is 0.261. The van der Waals surface area contributed by atoms with Crippen molar-refractivity contribution in [3.05, 3.63) is 63.1 Å². The summed E-state index contributed by atoms with van der Waals surface area (Å²) in [6.07, 6.45) is 0. The minimum absolute atomic E-state index is 0. The number of hydrogen-bond donors (Lipinski definition) is 3. The number of aliphatic imine (C=N–C) groups is 1. The summed E-state index contributed by atoms with van der Waals surface area (Å²) in [6.45, 7) is -2.53. The van der Waals surface area contributed by atoms with E-state index in [0.29, 0.717) is 28.7 Å². The summed E-state index contributed by atoms with van der Waals surface area (Å²) in [6, 6.07) is 9.92. The third-order valence-corrected chi connectivity index (χ3v) is 4.34. The third kappa shape index (κ3) is 7.77. The van der Waals surface area contributed by atoms with Crippen LogP contribution < -0.4 is 20.7 Å². The van der Waals surface area contributed by atoms with Crippen LogP contribution in [0.25, 0.3) is 0 Å². The molecule has 0 fully saturated rings. The molecule has 2 aromatic carbocycles. The van der Waals surface area contributed by atoms with Crippen molar-refractivity contribution in [2.45, 2.75) is 19.7 Å². The molecule has 0 unspecified atom stereocenters. The molecule has 2 rings (SSSR count). The van der Waals surface area contributed by atoms with E-state index in [-0.39, 0.29) is 47.2 Å². The van der Waals surface area contributed by atoms with Gasteiger partial charge in [-0.25, -0.2) is 0 Å². The molecule has 0 aliphatic heterocycles. The largest absolute Gasteiger partial charge is 0.433 e. The zero-order valence-electron chi connectivity index (χ0n) is 16.1. The Kier molecular flexibility index (Phi) is 11.1. The Balaban J connectivity index is 0.00000450. The Morgan fingerprint density at radius 2 is 1.87 bits per heavy atom. The average molecular weight is 573 g/mol. The van der Waals surface area contributed by atoms with Crippen molar-refractivity contribution in [1.82, 2.24) is 16.0 Å². The van der Waals surface area contributed by atoms with E-state index in [1.807, 2.05) is 6.07 Å². The fourth-order valence-corrected chi connectivity index (χ4v) is 3.10. The summed E-state index contributed by atoms with van der Waals surface area (Å²) in [7, 11) is 3.13. The first-order valence-electron chi connectivity index (χ1n) is 8.52. The van der Waals surface area contributed by atoms with Gasteiger partial charge in [-0.15, -0.1) is 24.0 Å². The van der Waals surface area contributed by atoms with Crippen molar-refractivity contribution < 1.29 is 18.3 Å². The number of halogens is 5. The average Bonchev–Trinajstić information content (AvgIpc) is 2.69. The highest BCUT2D eigenvalue weighted by Gasteiger charge is 2.15. The third-order valence-electron chi connectivity index (χ3n) is 3.84. The number of nitrogens with zero attached hydrogens (tertiary/aromatic N) is 1. The molecule has 0 bridgehead atoms. The first kappa shape index (κ1) is 26.2. The maximum absolute atomic E-state index is 12.7. The van der Waals surface area contributed by atoms with Gasteiger partial charge in [0.05, 0.1) is 5.02 Å². The van der Waals surface area contributed by atoms with E-state index < -0.39 is 6.61 Å². The molecule has 0 heterocycles. The van der Waals surface area contributed by atoms with Gasteiger partial charge >= 0.3 is 6.61 Å². The molecule has 0 saturated carbocycles. The Bertz CT molecular complexity index is 901. The van der Waals surface area contributed by atoms with Crippen molar-refractivity contribution in [1.29, 1.82) is 0 Å². The molecule has 0 atom stereocenters. The molecular weight excluding hydrogens is 552 g/mol. The second-order valence-corrected chi connectivity index (χ2v) is 6.66.